The Hall–Kier alpha value is -2.62. The largest absolute Gasteiger partial charge is 0.336 e. The van der Waals surface area contributed by atoms with Gasteiger partial charge >= 0.3 is 5.69 Å². The first-order chi connectivity index (χ1) is 12.6. The summed E-state index contributed by atoms with van der Waals surface area (Å²) in [5.41, 5.74) is 2.08. The quantitative estimate of drug-likeness (QED) is 0.714. The second-order valence-electron chi connectivity index (χ2n) is 7.37. The standard InChI is InChI=1S/C22H24N2O2/c1-16-11-12-20-19(15-16)21(25)23(14-13-17-7-5-6-8-17)22(26)24(20)18-9-3-2-4-10-18/h2-4,9-12,15,17H,5-8,13-14H2,1H3. The first-order valence-electron chi connectivity index (χ1n) is 9.47. The number of aryl methyl sites for hydroxylation is 1. The van der Waals surface area contributed by atoms with Crippen LogP contribution in [0.2, 0.25) is 0 Å². The third-order valence-corrected chi connectivity index (χ3v) is 5.54. The van der Waals surface area contributed by atoms with Gasteiger partial charge in [-0.05, 0) is 43.5 Å². The van der Waals surface area contributed by atoms with Crippen molar-refractivity contribution in [2.75, 3.05) is 0 Å². The van der Waals surface area contributed by atoms with Crippen molar-refractivity contribution in [3.8, 4) is 5.69 Å². The van der Waals surface area contributed by atoms with Gasteiger partial charge in [-0.25, -0.2) is 4.79 Å². The zero-order valence-electron chi connectivity index (χ0n) is 15.1. The summed E-state index contributed by atoms with van der Waals surface area (Å²) in [6, 6.07) is 15.3. The van der Waals surface area contributed by atoms with Crippen molar-refractivity contribution in [3.05, 3.63) is 74.9 Å². The fraction of sp³-hybridized carbons (Fsp3) is 0.364. The Kier molecular flexibility index (Phi) is 4.49. The van der Waals surface area contributed by atoms with Crippen molar-refractivity contribution in [2.45, 2.75) is 45.6 Å². The topological polar surface area (TPSA) is 44.0 Å². The predicted molar refractivity (Wildman–Crippen MR) is 105 cm³/mol. The van der Waals surface area contributed by atoms with E-state index in [0.717, 1.165) is 17.7 Å². The van der Waals surface area contributed by atoms with Crippen LogP contribution >= 0.6 is 0 Å². The van der Waals surface area contributed by atoms with Crippen molar-refractivity contribution in [3.63, 3.8) is 0 Å². The molecule has 1 fully saturated rings. The summed E-state index contributed by atoms with van der Waals surface area (Å²) in [6.45, 7) is 2.47. The Bertz CT molecular complexity index is 1040. The van der Waals surface area contributed by atoms with E-state index in [4.69, 9.17) is 0 Å². The fourth-order valence-corrected chi connectivity index (χ4v) is 4.11. The third kappa shape index (κ3) is 3.00. The molecule has 4 heteroatoms. The molecule has 0 amide bonds. The number of rotatable bonds is 4. The molecule has 1 aromatic heterocycles. The molecule has 0 N–H and O–H groups in total. The molecule has 0 aliphatic heterocycles. The normalized spacial score (nSPS) is 15.0. The van der Waals surface area contributed by atoms with Crippen molar-refractivity contribution >= 4 is 10.9 Å². The second kappa shape index (κ2) is 6.94. The predicted octanol–water partition coefficient (Wildman–Crippen LogP) is 4.04. The van der Waals surface area contributed by atoms with Gasteiger partial charge in [-0.1, -0.05) is 55.5 Å². The van der Waals surface area contributed by atoms with Crippen molar-refractivity contribution in [1.29, 1.82) is 0 Å². The van der Waals surface area contributed by atoms with Crippen LogP contribution in [0.3, 0.4) is 0 Å². The molecule has 0 radical (unpaired) electrons. The molecule has 4 rings (SSSR count). The van der Waals surface area contributed by atoms with E-state index >= 15 is 0 Å². The molecule has 0 saturated heterocycles. The lowest BCUT2D eigenvalue weighted by atomic mass is 10.0. The van der Waals surface area contributed by atoms with E-state index in [-0.39, 0.29) is 11.2 Å². The highest BCUT2D eigenvalue weighted by Gasteiger charge is 2.18. The number of fused-ring (bicyclic) bond motifs is 1. The second-order valence-corrected chi connectivity index (χ2v) is 7.37. The van der Waals surface area contributed by atoms with E-state index in [1.54, 1.807) is 4.57 Å². The summed E-state index contributed by atoms with van der Waals surface area (Å²) >= 11 is 0. The summed E-state index contributed by atoms with van der Waals surface area (Å²) in [7, 11) is 0. The molecule has 1 aliphatic carbocycles. The average Bonchev–Trinajstić information content (AvgIpc) is 3.17. The number of hydrogen-bond acceptors (Lipinski definition) is 2. The van der Waals surface area contributed by atoms with E-state index in [9.17, 15) is 9.59 Å². The van der Waals surface area contributed by atoms with Crippen molar-refractivity contribution in [2.24, 2.45) is 5.92 Å². The maximum absolute atomic E-state index is 13.2. The lowest BCUT2D eigenvalue weighted by Gasteiger charge is -2.16. The molecule has 26 heavy (non-hydrogen) atoms. The van der Waals surface area contributed by atoms with Crippen LogP contribution in [0.5, 0.6) is 0 Å². The molecule has 2 aromatic carbocycles. The molecule has 0 atom stereocenters. The van der Waals surface area contributed by atoms with Gasteiger partial charge in [0, 0.05) is 6.54 Å². The molecule has 0 bridgehead atoms. The summed E-state index contributed by atoms with van der Waals surface area (Å²) < 4.78 is 3.11. The van der Waals surface area contributed by atoms with Gasteiger partial charge in [-0.3, -0.25) is 13.9 Å². The van der Waals surface area contributed by atoms with Crippen LogP contribution < -0.4 is 11.2 Å². The molecular formula is C22H24N2O2. The van der Waals surface area contributed by atoms with E-state index in [1.807, 2.05) is 55.5 Å². The van der Waals surface area contributed by atoms with Gasteiger partial charge in [0.2, 0.25) is 0 Å². The number of aromatic nitrogens is 2. The highest BCUT2D eigenvalue weighted by Crippen LogP contribution is 2.27. The Balaban J connectivity index is 1.91. The lowest BCUT2D eigenvalue weighted by Crippen LogP contribution is -2.39. The molecule has 1 heterocycles. The zero-order valence-corrected chi connectivity index (χ0v) is 15.1. The van der Waals surface area contributed by atoms with Crippen LogP contribution in [0, 0.1) is 12.8 Å². The molecule has 4 nitrogen and oxygen atoms in total. The van der Waals surface area contributed by atoms with Gasteiger partial charge in [-0.15, -0.1) is 0 Å². The summed E-state index contributed by atoms with van der Waals surface area (Å²) in [5.74, 6) is 0.639. The van der Waals surface area contributed by atoms with Crippen molar-refractivity contribution in [1.82, 2.24) is 9.13 Å². The van der Waals surface area contributed by atoms with Crippen molar-refractivity contribution < 1.29 is 0 Å². The minimum atomic E-state index is -0.240. The fourth-order valence-electron chi connectivity index (χ4n) is 4.11. The lowest BCUT2D eigenvalue weighted by molar-refractivity contribution is 0.444. The summed E-state index contributed by atoms with van der Waals surface area (Å²) in [5, 5.41) is 0.611. The van der Waals surface area contributed by atoms with E-state index in [0.29, 0.717) is 23.4 Å². The first kappa shape index (κ1) is 16.8. The monoisotopic (exact) mass is 348 g/mol. The van der Waals surface area contributed by atoms with Crippen LogP contribution in [0.4, 0.5) is 0 Å². The molecule has 0 spiro atoms. The third-order valence-electron chi connectivity index (χ3n) is 5.54. The van der Waals surface area contributed by atoms with E-state index in [2.05, 4.69) is 0 Å². The summed E-state index contributed by atoms with van der Waals surface area (Å²) in [6.07, 6.45) is 5.87. The molecule has 0 unspecified atom stereocenters. The van der Waals surface area contributed by atoms with Gasteiger partial charge in [0.25, 0.3) is 5.56 Å². The SMILES string of the molecule is Cc1ccc2c(c1)c(=O)n(CCC1CCCC1)c(=O)n2-c1ccccc1. The van der Waals surface area contributed by atoms with Gasteiger partial charge in [-0.2, -0.15) is 0 Å². The highest BCUT2D eigenvalue weighted by molar-refractivity contribution is 5.80. The Morgan fingerprint density at radius 3 is 2.46 bits per heavy atom. The van der Waals surface area contributed by atoms with Crippen LogP contribution in [-0.4, -0.2) is 9.13 Å². The van der Waals surface area contributed by atoms with E-state index < -0.39 is 0 Å². The number of para-hydroxylation sites is 1. The zero-order chi connectivity index (χ0) is 18.1. The molecule has 1 saturated carbocycles. The maximum Gasteiger partial charge on any atom is 0.336 e. The first-order valence-corrected chi connectivity index (χ1v) is 9.47. The number of nitrogens with zero attached hydrogens (tertiary/aromatic N) is 2. The minimum absolute atomic E-state index is 0.168. The number of benzene rings is 2. The Morgan fingerprint density at radius 2 is 1.73 bits per heavy atom. The highest BCUT2D eigenvalue weighted by atomic mass is 16.2. The van der Waals surface area contributed by atoms with Gasteiger partial charge in [0.05, 0.1) is 16.6 Å². The average molecular weight is 348 g/mol. The maximum atomic E-state index is 13.2. The minimum Gasteiger partial charge on any atom is -0.268 e. The van der Waals surface area contributed by atoms with Crippen LogP contribution in [-0.2, 0) is 6.54 Å². The smallest absolute Gasteiger partial charge is 0.268 e. The van der Waals surface area contributed by atoms with E-state index in [1.165, 1.54) is 30.3 Å². The summed E-state index contributed by atoms with van der Waals surface area (Å²) in [4.78, 5) is 26.3. The molecule has 1 aliphatic rings. The van der Waals surface area contributed by atoms with Gasteiger partial charge < -0.3 is 0 Å². The van der Waals surface area contributed by atoms with Crippen LogP contribution in [0.25, 0.3) is 16.6 Å². The Labute approximate surface area is 152 Å². The van der Waals surface area contributed by atoms with Crippen LogP contribution in [0.1, 0.15) is 37.7 Å². The van der Waals surface area contributed by atoms with Crippen LogP contribution in [0.15, 0.2) is 58.1 Å². The molecular weight excluding hydrogens is 324 g/mol. The number of hydrogen-bond donors (Lipinski definition) is 0. The van der Waals surface area contributed by atoms with Gasteiger partial charge in [0.1, 0.15) is 0 Å². The molecule has 3 aromatic rings. The Morgan fingerprint density at radius 1 is 1.00 bits per heavy atom. The molecule has 134 valence electrons. The van der Waals surface area contributed by atoms with Gasteiger partial charge in [0.15, 0.2) is 0 Å².